The van der Waals surface area contributed by atoms with Crippen LogP contribution < -0.4 is 0 Å². The fourth-order valence-electron chi connectivity index (χ4n) is 3.02. The van der Waals surface area contributed by atoms with Crippen LogP contribution in [0.15, 0.2) is 34.9 Å². The Kier molecular flexibility index (Phi) is 4.39. The van der Waals surface area contributed by atoms with E-state index in [-0.39, 0.29) is 12.2 Å². The van der Waals surface area contributed by atoms with Crippen molar-refractivity contribution in [1.29, 1.82) is 0 Å². The third-order valence-electron chi connectivity index (χ3n) is 3.91. The van der Waals surface area contributed by atoms with E-state index in [4.69, 9.17) is 5.11 Å². The van der Waals surface area contributed by atoms with Crippen molar-refractivity contribution in [3.05, 3.63) is 34.9 Å². The highest BCUT2D eigenvalue weighted by Crippen LogP contribution is 2.47. The van der Waals surface area contributed by atoms with E-state index in [9.17, 15) is 14.7 Å². The van der Waals surface area contributed by atoms with Crippen LogP contribution in [0.5, 0.6) is 0 Å². The molecule has 0 aromatic carbocycles. The first-order valence-electron chi connectivity index (χ1n) is 6.54. The maximum Gasteiger partial charge on any atom is 0.328 e. The second-order valence-corrected chi connectivity index (χ2v) is 6.12. The average molecular weight is 278 g/mol. The summed E-state index contributed by atoms with van der Waals surface area (Å²) >= 11 is 0. The summed E-state index contributed by atoms with van der Waals surface area (Å²) in [5.74, 6) is -1.02. The molecule has 0 spiro atoms. The molecule has 0 unspecified atom stereocenters. The van der Waals surface area contributed by atoms with Crippen molar-refractivity contribution < 1.29 is 19.8 Å². The minimum Gasteiger partial charge on any atom is -0.478 e. The van der Waals surface area contributed by atoms with Gasteiger partial charge in [0.05, 0.1) is 0 Å². The molecule has 0 radical (unpaired) electrons. The first kappa shape index (κ1) is 16.4. The van der Waals surface area contributed by atoms with Crippen LogP contribution in [-0.4, -0.2) is 27.6 Å². The Hall–Kier alpha value is -1.68. The predicted molar refractivity (Wildman–Crippen MR) is 77.3 cm³/mol. The van der Waals surface area contributed by atoms with Crippen LogP contribution in [-0.2, 0) is 9.59 Å². The lowest BCUT2D eigenvalue weighted by atomic mass is 9.61. The molecular formula is C16H22O4. The number of carboxylic acids is 1. The van der Waals surface area contributed by atoms with Gasteiger partial charge in [0.25, 0.3) is 0 Å². The molecule has 0 amide bonds. The number of aliphatic hydroxyl groups is 1. The second kappa shape index (κ2) is 5.37. The molecule has 1 aliphatic rings. The number of rotatable bonds is 3. The molecule has 0 saturated heterocycles. The zero-order valence-electron chi connectivity index (χ0n) is 12.7. The molecule has 4 heteroatoms. The highest BCUT2D eigenvalue weighted by molar-refractivity contribution is 5.93. The maximum atomic E-state index is 11.7. The largest absolute Gasteiger partial charge is 0.478 e. The van der Waals surface area contributed by atoms with Crippen LogP contribution in [0.4, 0.5) is 0 Å². The minimum atomic E-state index is -1.24. The van der Waals surface area contributed by atoms with E-state index in [0.29, 0.717) is 16.7 Å². The molecule has 1 rings (SSSR count). The smallest absolute Gasteiger partial charge is 0.328 e. The fourth-order valence-corrected chi connectivity index (χ4v) is 3.02. The van der Waals surface area contributed by atoms with Gasteiger partial charge in [0.2, 0.25) is 0 Å². The SMILES string of the molecule is CC1=CC(=O)CC(C)(C)[C@@]1(O)/C(C)=C/C(C)=C\C(=O)O. The van der Waals surface area contributed by atoms with Crippen molar-refractivity contribution >= 4 is 11.8 Å². The topological polar surface area (TPSA) is 74.6 Å². The van der Waals surface area contributed by atoms with Crippen LogP contribution in [0.25, 0.3) is 0 Å². The number of hydrogen-bond acceptors (Lipinski definition) is 3. The number of aliphatic carboxylic acids is 1. The van der Waals surface area contributed by atoms with Crippen molar-refractivity contribution in [2.45, 2.75) is 46.6 Å². The van der Waals surface area contributed by atoms with Gasteiger partial charge in [-0.3, -0.25) is 4.79 Å². The zero-order chi connectivity index (χ0) is 15.7. The van der Waals surface area contributed by atoms with Gasteiger partial charge < -0.3 is 10.2 Å². The lowest BCUT2D eigenvalue weighted by molar-refractivity contribution is -0.131. The summed E-state index contributed by atoms with van der Waals surface area (Å²) in [6.07, 6.45) is 4.47. The Morgan fingerprint density at radius 2 is 1.85 bits per heavy atom. The van der Waals surface area contributed by atoms with Gasteiger partial charge in [-0.05, 0) is 43.6 Å². The van der Waals surface area contributed by atoms with Crippen molar-refractivity contribution in [2.75, 3.05) is 0 Å². The van der Waals surface area contributed by atoms with Gasteiger partial charge in [-0.25, -0.2) is 4.79 Å². The summed E-state index contributed by atoms with van der Waals surface area (Å²) in [6, 6.07) is 0. The Bertz CT molecular complexity index is 535. The van der Waals surface area contributed by atoms with E-state index in [1.807, 2.05) is 13.8 Å². The van der Waals surface area contributed by atoms with Crippen LogP contribution in [0.2, 0.25) is 0 Å². The summed E-state index contributed by atoms with van der Waals surface area (Å²) in [5.41, 5.74) is -0.0973. The molecule has 0 bridgehead atoms. The maximum absolute atomic E-state index is 11.7. The molecule has 0 fully saturated rings. The van der Waals surface area contributed by atoms with Crippen molar-refractivity contribution in [3.63, 3.8) is 0 Å². The normalized spacial score (nSPS) is 27.3. The van der Waals surface area contributed by atoms with Crippen LogP contribution in [0.1, 0.15) is 41.0 Å². The summed E-state index contributed by atoms with van der Waals surface area (Å²) in [6.45, 7) is 8.84. The van der Waals surface area contributed by atoms with Crippen molar-refractivity contribution in [3.8, 4) is 0 Å². The molecule has 110 valence electrons. The number of carboxylic acid groups (broad SMARTS) is 1. The van der Waals surface area contributed by atoms with Gasteiger partial charge >= 0.3 is 5.97 Å². The summed E-state index contributed by atoms with van der Waals surface area (Å²) < 4.78 is 0. The zero-order valence-corrected chi connectivity index (χ0v) is 12.7. The first-order valence-corrected chi connectivity index (χ1v) is 6.54. The van der Waals surface area contributed by atoms with E-state index < -0.39 is 17.0 Å². The Balaban J connectivity index is 3.33. The van der Waals surface area contributed by atoms with E-state index in [1.165, 1.54) is 6.08 Å². The summed E-state index contributed by atoms with van der Waals surface area (Å²) in [4.78, 5) is 22.3. The van der Waals surface area contributed by atoms with Crippen LogP contribution in [0.3, 0.4) is 0 Å². The minimum absolute atomic E-state index is 0.00257. The van der Waals surface area contributed by atoms with E-state index in [1.54, 1.807) is 26.8 Å². The average Bonchev–Trinajstić information content (AvgIpc) is 2.23. The van der Waals surface area contributed by atoms with E-state index in [0.717, 1.165) is 6.08 Å². The van der Waals surface area contributed by atoms with Gasteiger partial charge in [-0.15, -0.1) is 0 Å². The van der Waals surface area contributed by atoms with Gasteiger partial charge in [-0.1, -0.05) is 19.9 Å². The molecule has 0 aliphatic heterocycles. The van der Waals surface area contributed by atoms with Crippen molar-refractivity contribution in [1.82, 2.24) is 0 Å². The second-order valence-electron chi connectivity index (χ2n) is 6.12. The number of carbonyl (C=O) groups is 2. The first-order chi connectivity index (χ1) is 9.00. The molecule has 0 heterocycles. The summed E-state index contributed by atoms with van der Waals surface area (Å²) in [7, 11) is 0. The third-order valence-corrected chi connectivity index (χ3v) is 3.91. The van der Waals surface area contributed by atoms with Gasteiger partial charge in [0.1, 0.15) is 5.60 Å². The van der Waals surface area contributed by atoms with Gasteiger partial charge in [0, 0.05) is 17.9 Å². The predicted octanol–water partition coefficient (Wildman–Crippen LogP) is 2.64. The van der Waals surface area contributed by atoms with Crippen molar-refractivity contribution in [2.24, 2.45) is 5.41 Å². The number of ketones is 1. The molecule has 0 aromatic rings. The highest BCUT2D eigenvalue weighted by Gasteiger charge is 2.49. The number of hydrogen-bond donors (Lipinski definition) is 2. The molecule has 20 heavy (non-hydrogen) atoms. The van der Waals surface area contributed by atoms with Crippen LogP contribution >= 0.6 is 0 Å². The van der Waals surface area contributed by atoms with E-state index >= 15 is 0 Å². The molecule has 1 aliphatic carbocycles. The monoisotopic (exact) mass is 278 g/mol. The highest BCUT2D eigenvalue weighted by atomic mass is 16.4. The Morgan fingerprint density at radius 3 is 2.30 bits per heavy atom. The molecule has 2 N–H and O–H groups in total. The molecule has 4 nitrogen and oxygen atoms in total. The Morgan fingerprint density at radius 1 is 1.30 bits per heavy atom. The molecular weight excluding hydrogens is 256 g/mol. The van der Waals surface area contributed by atoms with E-state index in [2.05, 4.69) is 0 Å². The number of allylic oxidation sites excluding steroid dienone is 3. The lowest BCUT2D eigenvalue weighted by Gasteiger charge is -2.46. The fraction of sp³-hybridized carbons (Fsp3) is 0.500. The standard InChI is InChI=1S/C16H22O4/c1-10(7-14(18)19)6-11(2)16(20)12(3)8-13(17)9-15(16,4)5/h6-8,20H,9H2,1-5H3,(H,18,19)/b10-7-,11-6+/t16-/m1/s1. The van der Waals surface area contributed by atoms with Crippen LogP contribution in [0, 0.1) is 5.41 Å². The van der Waals surface area contributed by atoms with Gasteiger partial charge in [0.15, 0.2) is 5.78 Å². The molecule has 0 saturated carbocycles. The Labute approximate surface area is 119 Å². The third kappa shape index (κ3) is 2.90. The van der Waals surface area contributed by atoms with Gasteiger partial charge in [-0.2, -0.15) is 0 Å². The molecule has 1 atom stereocenters. The lowest BCUT2D eigenvalue weighted by Crippen LogP contribution is -2.50. The quantitative estimate of drug-likeness (QED) is 0.614. The number of carbonyl (C=O) groups excluding carboxylic acids is 1. The summed E-state index contributed by atoms with van der Waals surface area (Å²) in [5, 5.41) is 19.8. The molecule has 0 aromatic heterocycles.